The van der Waals surface area contributed by atoms with Gasteiger partial charge in [0.15, 0.2) is 0 Å². The number of nitrogens with one attached hydrogen (secondary N) is 6. The second-order valence-corrected chi connectivity index (χ2v) is 14.6. The van der Waals surface area contributed by atoms with Crippen molar-refractivity contribution >= 4 is 35.5 Å². The molecule has 1 aromatic carbocycles. The predicted octanol–water partition coefficient (Wildman–Crippen LogP) is 3.46. The molecule has 294 valence electrons. The van der Waals surface area contributed by atoms with Crippen molar-refractivity contribution in [1.82, 2.24) is 31.9 Å². The maximum atomic E-state index is 13.6. The molecule has 0 fully saturated rings. The van der Waals surface area contributed by atoms with Gasteiger partial charge in [-0.3, -0.25) is 28.8 Å². The van der Waals surface area contributed by atoms with Crippen molar-refractivity contribution < 1.29 is 33.9 Å². The fourth-order valence-electron chi connectivity index (χ4n) is 5.71. The van der Waals surface area contributed by atoms with Gasteiger partial charge in [-0.2, -0.15) is 0 Å². The molecule has 0 saturated carbocycles. The highest BCUT2D eigenvalue weighted by atomic mass is 16.4. The zero-order valence-electron chi connectivity index (χ0n) is 32.7. The van der Waals surface area contributed by atoms with E-state index in [1.165, 1.54) is 5.56 Å². The van der Waals surface area contributed by atoms with Crippen LogP contribution in [-0.2, 0) is 35.2 Å². The van der Waals surface area contributed by atoms with Crippen LogP contribution in [-0.4, -0.2) is 83.9 Å². The highest BCUT2D eigenvalue weighted by Crippen LogP contribution is 2.12. The van der Waals surface area contributed by atoms with Crippen molar-refractivity contribution in [2.45, 2.75) is 143 Å². The molecule has 0 heterocycles. The van der Waals surface area contributed by atoms with Crippen molar-refractivity contribution in [3.63, 3.8) is 0 Å². The first-order chi connectivity index (χ1) is 24.6. The van der Waals surface area contributed by atoms with Gasteiger partial charge in [-0.1, -0.05) is 91.6 Å². The van der Waals surface area contributed by atoms with Gasteiger partial charge in [0.25, 0.3) is 0 Å². The third-order valence-corrected chi connectivity index (χ3v) is 9.01. The number of hydrogen-bond donors (Lipinski definition) is 7. The van der Waals surface area contributed by atoms with Crippen LogP contribution in [0.25, 0.3) is 0 Å². The van der Waals surface area contributed by atoms with Crippen molar-refractivity contribution in [1.29, 1.82) is 0 Å². The summed E-state index contributed by atoms with van der Waals surface area (Å²) in [6.07, 6.45) is 3.83. The Labute approximate surface area is 311 Å². The summed E-state index contributed by atoms with van der Waals surface area (Å²) in [6.45, 7) is 16.0. The summed E-state index contributed by atoms with van der Waals surface area (Å²) < 4.78 is 0. The second kappa shape index (κ2) is 25.1. The molecule has 0 aliphatic carbocycles. The van der Waals surface area contributed by atoms with E-state index >= 15 is 0 Å². The summed E-state index contributed by atoms with van der Waals surface area (Å²) >= 11 is 0. The SMILES string of the molecule is CCC[C@H](NC(=O)C(NC(=O)CCCC(=O)O)[C@@H](C)CC)C(=O)NC(CN[C@@H](C)C(=O)NC(C(=O)NCCCc1ccccc1)C(C)C)CC(C)C. The minimum atomic E-state index is -0.994. The molecule has 0 aliphatic rings. The molecular formula is C39H66N6O7. The Morgan fingerprint density at radius 3 is 1.98 bits per heavy atom. The van der Waals surface area contributed by atoms with Gasteiger partial charge >= 0.3 is 5.97 Å². The molecule has 0 bridgehead atoms. The van der Waals surface area contributed by atoms with Gasteiger partial charge in [-0.25, -0.2) is 0 Å². The molecule has 1 rings (SSSR count). The lowest BCUT2D eigenvalue weighted by Crippen LogP contribution is -2.58. The van der Waals surface area contributed by atoms with Crippen LogP contribution in [0.4, 0.5) is 0 Å². The minimum absolute atomic E-state index is 0.0216. The maximum absolute atomic E-state index is 13.6. The molecule has 0 spiro atoms. The van der Waals surface area contributed by atoms with E-state index in [0.29, 0.717) is 32.2 Å². The van der Waals surface area contributed by atoms with Gasteiger partial charge in [-0.15, -0.1) is 0 Å². The molecule has 0 aromatic heterocycles. The number of carboxylic acids is 1. The normalized spacial score (nSPS) is 14.7. The lowest BCUT2D eigenvalue weighted by Gasteiger charge is -2.29. The van der Waals surface area contributed by atoms with Crippen molar-refractivity contribution in [3.05, 3.63) is 35.9 Å². The lowest BCUT2D eigenvalue weighted by molar-refractivity contribution is -0.137. The summed E-state index contributed by atoms with van der Waals surface area (Å²) in [7, 11) is 0. The largest absolute Gasteiger partial charge is 0.481 e. The summed E-state index contributed by atoms with van der Waals surface area (Å²) in [6, 6.07) is 6.61. The van der Waals surface area contributed by atoms with E-state index in [1.54, 1.807) is 6.92 Å². The molecule has 0 radical (unpaired) electrons. The number of aliphatic carboxylic acids is 1. The monoisotopic (exact) mass is 730 g/mol. The number of carboxylic acid groups (broad SMARTS) is 1. The number of benzene rings is 1. The number of hydrogen-bond acceptors (Lipinski definition) is 7. The molecule has 13 nitrogen and oxygen atoms in total. The van der Waals surface area contributed by atoms with Crippen LogP contribution in [0.1, 0.15) is 112 Å². The average molecular weight is 731 g/mol. The molecular weight excluding hydrogens is 664 g/mol. The summed E-state index contributed by atoms with van der Waals surface area (Å²) in [4.78, 5) is 76.6. The third-order valence-electron chi connectivity index (χ3n) is 9.01. The maximum Gasteiger partial charge on any atom is 0.303 e. The van der Waals surface area contributed by atoms with Crippen LogP contribution in [0.15, 0.2) is 30.3 Å². The zero-order valence-corrected chi connectivity index (χ0v) is 32.7. The van der Waals surface area contributed by atoms with Crippen LogP contribution >= 0.6 is 0 Å². The second-order valence-electron chi connectivity index (χ2n) is 14.6. The lowest BCUT2D eigenvalue weighted by atomic mass is 9.97. The summed E-state index contributed by atoms with van der Waals surface area (Å²) in [5, 5.41) is 26.6. The van der Waals surface area contributed by atoms with Crippen LogP contribution in [0.3, 0.4) is 0 Å². The van der Waals surface area contributed by atoms with Gasteiger partial charge in [0.05, 0.1) is 6.04 Å². The van der Waals surface area contributed by atoms with E-state index in [0.717, 1.165) is 12.8 Å². The van der Waals surface area contributed by atoms with Gasteiger partial charge < -0.3 is 37.0 Å². The Bertz CT molecular complexity index is 1260. The van der Waals surface area contributed by atoms with E-state index in [-0.39, 0.29) is 67.3 Å². The fraction of sp³-hybridized carbons (Fsp3) is 0.692. The van der Waals surface area contributed by atoms with Crippen LogP contribution in [0.2, 0.25) is 0 Å². The molecule has 0 aliphatic heterocycles. The van der Waals surface area contributed by atoms with Gasteiger partial charge in [-0.05, 0) is 62.3 Å². The minimum Gasteiger partial charge on any atom is -0.481 e. The molecule has 52 heavy (non-hydrogen) atoms. The topological polar surface area (TPSA) is 195 Å². The Kier molecular flexibility index (Phi) is 22.2. The van der Waals surface area contributed by atoms with E-state index in [9.17, 15) is 28.8 Å². The Hall–Kier alpha value is -4.00. The summed E-state index contributed by atoms with van der Waals surface area (Å²) in [5.41, 5.74) is 1.20. The van der Waals surface area contributed by atoms with E-state index < -0.39 is 42.0 Å². The Balaban J connectivity index is 2.83. The average Bonchev–Trinajstić information content (AvgIpc) is 3.09. The molecule has 7 N–H and O–H groups in total. The number of amides is 5. The first-order valence-corrected chi connectivity index (χ1v) is 19.1. The number of rotatable bonds is 26. The van der Waals surface area contributed by atoms with Crippen LogP contribution in [0.5, 0.6) is 0 Å². The van der Waals surface area contributed by atoms with Crippen LogP contribution in [0, 0.1) is 17.8 Å². The molecule has 6 atom stereocenters. The third kappa shape index (κ3) is 18.5. The molecule has 3 unspecified atom stereocenters. The number of aryl methyl sites for hydroxylation is 1. The number of carbonyl (C=O) groups excluding carboxylic acids is 5. The molecule has 1 aromatic rings. The molecule has 0 saturated heterocycles. The molecule has 13 heteroatoms. The van der Waals surface area contributed by atoms with E-state index in [1.807, 2.05) is 66.7 Å². The van der Waals surface area contributed by atoms with Crippen LogP contribution < -0.4 is 31.9 Å². The first-order valence-electron chi connectivity index (χ1n) is 19.1. The predicted molar refractivity (Wildman–Crippen MR) is 203 cm³/mol. The van der Waals surface area contributed by atoms with Gasteiger partial charge in [0, 0.05) is 32.0 Å². The quantitative estimate of drug-likeness (QED) is 0.0705. The van der Waals surface area contributed by atoms with Gasteiger partial charge in [0.2, 0.25) is 29.5 Å². The van der Waals surface area contributed by atoms with E-state index in [4.69, 9.17) is 5.11 Å². The number of carbonyl (C=O) groups is 6. The van der Waals surface area contributed by atoms with E-state index in [2.05, 4.69) is 44.0 Å². The standard InChI is InChI=1S/C39H66N6O7/c1-9-16-31(43-39(52)35(27(7)10-2)44-32(46)20-14-21-33(47)48)37(50)42-30(23-25(3)4)24-41-28(8)36(49)45-34(26(5)6)38(51)40-22-15-19-29-17-12-11-13-18-29/h11-13,17-18,25-28,30-31,34-35,41H,9-10,14-16,19-24H2,1-8H3,(H,40,51)(H,42,50)(H,43,52)(H,44,46)(H,45,49)(H,47,48)/t27-,28-,30?,31-,34?,35?/m0/s1. The van der Waals surface area contributed by atoms with Crippen molar-refractivity contribution in [2.24, 2.45) is 17.8 Å². The summed E-state index contributed by atoms with van der Waals surface area (Å²) in [5.74, 6) is -2.94. The van der Waals surface area contributed by atoms with Crippen molar-refractivity contribution in [2.75, 3.05) is 13.1 Å². The highest BCUT2D eigenvalue weighted by Gasteiger charge is 2.31. The Morgan fingerprint density at radius 1 is 0.731 bits per heavy atom. The Morgan fingerprint density at radius 2 is 1.40 bits per heavy atom. The highest BCUT2D eigenvalue weighted by molar-refractivity contribution is 5.92. The fourth-order valence-corrected chi connectivity index (χ4v) is 5.71. The smallest absolute Gasteiger partial charge is 0.303 e. The van der Waals surface area contributed by atoms with Gasteiger partial charge in [0.1, 0.15) is 18.1 Å². The zero-order chi connectivity index (χ0) is 39.2. The first kappa shape index (κ1) is 46.0. The molecule has 5 amide bonds. The van der Waals surface area contributed by atoms with Crippen molar-refractivity contribution in [3.8, 4) is 0 Å².